The summed E-state index contributed by atoms with van der Waals surface area (Å²) in [6, 6.07) is 7.02. The molecule has 114 valence electrons. The molecule has 1 heterocycles. The number of halogens is 1. The molecule has 0 spiro atoms. The largest absolute Gasteiger partial charge is 0.396 e. The number of hydrogen-bond donors (Lipinski definition) is 1. The van der Waals surface area contributed by atoms with Crippen molar-refractivity contribution in [2.45, 2.75) is 31.3 Å². The average Bonchev–Trinajstić information content (AvgIpc) is 2.91. The zero-order valence-electron chi connectivity index (χ0n) is 11.8. The van der Waals surface area contributed by atoms with Crippen LogP contribution >= 0.6 is 11.3 Å². The highest BCUT2D eigenvalue weighted by atomic mass is 32.2. The molecule has 0 aliphatic rings. The number of sulfonamides is 1. The summed E-state index contributed by atoms with van der Waals surface area (Å²) in [6.45, 7) is 3.89. The van der Waals surface area contributed by atoms with Crippen LogP contribution in [-0.2, 0) is 16.6 Å². The summed E-state index contributed by atoms with van der Waals surface area (Å²) in [4.78, 5) is 0.953. The maximum Gasteiger partial charge on any atom is 0.243 e. The maximum absolute atomic E-state index is 13.2. The van der Waals surface area contributed by atoms with Gasteiger partial charge in [-0.25, -0.2) is 12.8 Å². The van der Waals surface area contributed by atoms with Gasteiger partial charge < -0.3 is 5.73 Å². The molecule has 1 aromatic carbocycles. The van der Waals surface area contributed by atoms with Crippen molar-refractivity contribution in [3.63, 3.8) is 0 Å². The van der Waals surface area contributed by atoms with Crippen LogP contribution < -0.4 is 5.73 Å². The van der Waals surface area contributed by atoms with Crippen LogP contribution in [0.2, 0.25) is 0 Å². The minimum absolute atomic E-state index is 0.00616. The molecule has 21 heavy (non-hydrogen) atoms. The van der Waals surface area contributed by atoms with E-state index in [9.17, 15) is 12.8 Å². The molecule has 1 aromatic heterocycles. The van der Waals surface area contributed by atoms with Gasteiger partial charge in [0.1, 0.15) is 5.82 Å². The summed E-state index contributed by atoms with van der Waals surface area (Å²) in [5.41, 5.74) is 5.30. The number of rotatable bonds is 5. The van der Waals surface area contributed by atoms with Gasteiger partial charge in [-0.3, -0.25) is 0 Å². The van der Waals surface area contributed by atoms with Gasteiger partial charge in [-0.1, -0.05) is 6.07 Å². The van der Waals surface area contributed by atoms with Crippen LogP contribution in [0.4, 0.5) is 10.1 Å². The van der Waals surface area contributed by atoms with Crippen molar-refractivity contribution in [2.75, 3.05) is 5.73 Å². The van der Waals surface area contributed by atoms with Crippen LogP contribution in [-0.4, -0.2) is 18.8 Å². The van der Waals surface area contributed by atoms with Crippen LogP contribution in [0, 0.1) is 5.82 Å². The van der Waals surface area contributed by atoms with E-state index >= 15 is 0 Å². The Morgan fingerprint density at radius 1 is 1.33 bits per heavy atom. The minimum Gasteiger partial charge on any atom is -0.396 e. The van der Waals surface area contributed by atoms with Gasteiger partial charge in [-0.2, -0.15) is 4.31 Å². The summed E-state index contributed by atoms with van der Waals surface area (Å²) in [7, 11) is -3.72. The van der Waals surface area contributed by atoms with Crippen molar-refractivity contribution >= 4 is 27.0 Å². The molecule has 0 amide bonds. The Kier molecular flexibility index (Phi) is 4.65. The molecule has 2 aromatic rings. The van der Waals surface area contributed by atoms with Gasteiger partial charge in [-0.15, -0.1) is 11.3 Å². The summed E-state index contributed by atoms with van der Waals surface area (Å²) in [5.74, 6) is -0.622. The summed E-state index contributed by atoms with van der Waals surface area (Å²) in [5, 5.41) is 1.90. The van der Waals surface area contributed by atoms with E-state index in [-0.39, 0.29) is 23.2 Å². The molecule has 0 aliphatic heterocycles. The molecule has 0 fully saturated rings. The monoisotopic (exact) mass is 328 g/mol. The van der Waals surface area contributed by atoms with Crippen LogP contribution in [0.15, 0.2) is 40.6 Å². The van der Waals surface area contributed by atoms with E-state index in [0.717, 1.165) is 17.0 Å². The summed E-state index contributed by atoms with van der Waals surface area (Å²) >= 11 is 1.49. The van der Waals surface area contributed by atoms with Crippen molar-refractivity contribution in [1.82, 2.24) is 4.31 Å². The number of benzene rings is 1. The molecule has 2 N–H and O–H groups in total. The van der Waals surface area contributed by atoms with Gasteiger partial charge in [-0.05, 0) is 43.5 Å². The smallest absolute Gasteiger partial charge is 0.243 e. The Labute approximate surface area is 128 Å². The molecule has 0 radical (unpaired) electrons. The van der Waals surface area contributed by atoms with E-state index in [2.05, 4.69) is 0 Å². The SMILES string of the molecule is CC(C)N(Cc1cccs1)S(=O)(=O)c1ccc(F)c(N)c1. The highest BCUT2D eigenvalue weighted by Gasteiger charge is 2.28. The van der Waals surface area contributed by atoms with Crippen molar-refractivity contribution < 1.29 is 12.8 Å². The second-order valence-corrected chi connectivity index (χ2v) is 7.83. The molecule has 0 aliphatic carbocycles. The predicted octanol–water partition coefficient (Wildman–Crippen LogP) is 3.07. The van der Waals surface area contributed by atoms with Crippen LogP contribution in [0.3, 0.4) is 0 Å². The highest BCUT2D eigenvalue weighted by molar-refractivity contribution is 7.89. The van der Waals surface area contributed by atoms with Gasteiger partial charge in [0.2, 0.25) is 10.0 Å². The quantitative estimate of drug-likeness (QED) is 0.858. The van der Waals surface area contributed by atoms with E-state index in [4.69, 9.17) is 5.73 Å². The fourth-order valence-electron chi connectivity index (χ4n) is 1.92. The van der Waals surface area contributed by atoms with Crippen molar-refractivity contribution in [3.05, 3.63) is 46.4 Å². The van der Waals surface area contributed by atoms with E-state index in [1.165, 1.54) is 21.7 Å². The Hall–Kier alpha value is -1.44. The normalized spacial score (nSPS) is 12.2. The van der Waals surface area contributed by atoms with E-state index in [1.807, 2.05) is 17.5 Å². The highest BCUT2D eigenvalue weighted by Crippen LogP contribution is 2.25. The Morgan fingerprint density at radius 3 is 2.57 bits per heavy atom. The molecule has 2 rings (SSSR count). The minimum atomic E-state index is -3.72. The van der Waals surface area contributed by atoms with Crippen LogP contribution in [0.5, 0.6) is 0 Å². The summed E-state index contributed by atoms with van der Waals surface area (Å²) < 4.78 is 40.0. The van der Waals surface area contributed by atoms with Gasteiger partial charge in [0, 0.05) is 17.5 Å². The van der Waals surface area contributed by atoms with E-state index in [1.54, 1.807) is 13.8 Å². The number of anilines is 1. The Balaban J connectivity index is 2.39. The first kappa shape index (κ1) is 15.9. The molecule has 0 bridgehead atoms. The fraction of sp³-hybridized carbons (Fsp3) is 0.286. The first-order chi connectivity index (χ1) is 9.82. The van der Waals surface area contributed by atoms with Gasteiger partial charge in [0.15, 0.2) is 0 Å². The lowest BCUT2D eigenvalue weighted by atomic mass is 10.3. The molecule has 0 unspecified atom stereocenters. The molecular weight excluding hydrogens is 311 g/mol. The molecule has 0 saturated carbocycles. The first-order valence-electron chi connectivity index (χ1n) is 6.41. The predicted molar refractivity (Wildman–Crippen MR) is 83.0 cm³/mol. The second kappa shape index (κ2) is 6.13. The zero-order chi connectivity index (χ0) is 15.6. The van der Waals surface area contributed by atoms with Gasteiger partial charge >= 0.3 is 0 Å². The van der Waals surface area contributed by atoms with Crippen molar-refractivity contribution in [3.8, 4) is 0 Å². The Bertz CT molecular complexity index is 713. The number of nitrogens with zero attached hydrogens (tertiary/aromatic N) is 1. The van der Waals surface area contributed by atoms with E-state index in [0.29, 0.717) is 0 Å². The third-order valence-electron chi connectivity index (χ3n) is 3.04. The Morgan fingerprint density at radius 2 is 2.05 bits per heavy atom. The third kappa shape index (κ3) is 3.42. The standard InChI is InChI=1S/C14H17FN2O2S2/c1-10(2)17(9-11-4-3-7-20-11)21(18,19)12-5-6-13(15)14(16)8-12/h3-8,10H,9,16H2,1-2H3. The number of nitrogens with two attached hydrogens (primary N) is 1. The topological polar surface area (TPSA) is 63.4 Å². The molecular formula is C14H17FN2O2S2. The van der Waals surface area contributed by atoms with Gasteiger partial charge in [0.05, 0.1) is 10.6 Å². The third-order valence-corrected chi connectivity index (χ3v) is 5.92. The lowest BCUT2D eigenvalue weighted by Gasteiger charge is -2.25. The van der Waals surface area contributed by atoms with Crippen molar-refractivity contribution in [1.29, 1.82) is 0 Å². The molecule has 7 heteroatoms. The molecule has 0 atom stereocenters. The molecule has 4 nitrogen and oxygen atoms in total. The number of hydrogen-bond acceptors (Lipinski definition) is 4. The zero-order valence-corrected chi connectivity index (χ0v) is 13.4. The van der Waals surface area contributed by atoms with Crippen molar-refractivity contribution in [2.24, 2.45) is 0 Å². The molecule has 0 saturated heterocycles. The number of nitrogen functional groups attached to an aromatic ring is 1. The second-order valence-electron chi connectivity index (χ2n) is 4.91. The lowest BCUT2D eigenvalue weighted by Crippen LogP contribution is -2.36. The first-order valence-corrected chi connectivity index (χ1v) is 8.73. The van der Waals surface area contributed by atoms with Crippen LogP contribution in [0.25, 0.3) is 0 Å². The van der Waals surface area contributed by atoms with Gasteiger partial charge in [0.25, 0.3) is 0 Å². The fourth-order valence-corrected chi connectivity index (χ4v) is 4.35. The van der Waals surface area contributed by atoms with Crippen LogP contribution in [0.1, 0.15) is 18.7 Å². The summed E-state index contributed by atoms with van der Waals surface area (Å²) in [6.07, 6.45) is 0. The lowest BCUT2D eigenvalue weighted by molar-refractivity contribution is 0.350. The maximum atomic E-state index is 13.2. The average molecular weight is 328 g/mol. The number of thiophene rings is 1. The van der Waals surface area contributed by atoms with E-state index < -0.39 is 15.8 Å².